The van der Waals surface area contributed by atoms with Crippen molar-refractivity contribution in [2.75, 3.05) is 25.1 Å². The highest BCUT2D eigenvalue weighted by atomic mass is 16.5. The zero-order valence-corrected chi connectivity index (χ0v) is 10.0. The first-order valence-corrected chi connectivity index (χ1v) is 5.87. The Labute approximate surface area is 96.7 Å². The lowest BCUT2D eigenvalue weighted by Crippen LogP contribution is -2.33. The molecule has 88 valence electrons. The Kier molecular flexibility index (Phi) is 3.72. The van der Waals surface area contributed by atoms with E-state index >= 15 is 0 Å². The molecule has 16 heavy (non-hydrogen) atoms. The second kappa shape index (κ2) is 5.25. The molecule has 0 amide bonds. The van der Waals surface area contributed by atoms with Crippen LogP contribution in [-0.2, 0) is 4.74 Å². The predicted molar refractivity (Wildman–Crippen MR) is 63.6 cm³/mol. The van der Waals surface area contributed by atoms with E-state index < -0.39 is 0 Å². The van der Waals surface area contributed by atoms with E-state index in [0.717, 1.165) is 31.1 Å². The van der Waals surface area contributed by atoms with Gasteiger partial charge in [-0.05, 0) is 26.2 Å². The fraction of sp³-hybridized carbons (Fsp3) is 0.667. The predicted octanol–water partition coefficient (Wildman–Crippen LogP) is 1.79. The topological polar surface area (TPSA) is 38.2 Å². The van der Waals surface area contributed by atoms with Crippen molar-refractivity contribution < 1.29 is 4.74 Å². The van der Waals surface area contributed by atoms with Gasteiger partial charge in [-0.15, -0.1) is 0 Å². The van der Waals surface area contributed by atoms with E-state index in [1.807, 2.05) is 13.0 Å². The van der Waals surface area contributed by atoms with Gasteiger partial charge in [-0.1, -0.05) is 0 Å². The molecule has 0 aliphatic carbocycles. The van der Waals surface area contributed by atoms with Gasteiger partial charge in [0.1, 0.15) is 12.1 Å². The minimum Gasteiger partial charge on any atom is -0.376 e. The first-order valence-electron chi connectivity index (χ1n) is 5.87. The van der Waals surface area contributed by atoms with Crippen molar-refractivity contribution in [3.8, 4) is 0 Å². The van der Waals surface area contributed by atoms with Gasteiger partial charge in [0.2, 0.25) is 0 Å². The lowest BCUT2D eigenvalue weighted by Gasteiger charge is -2.28. The number of likely N-dealkylation sites (N-methyl/N-ethyl adjacent to an activating group) is 1. The highest BCUT2D eigenvalue weighted by Gasteiger charge is 2.16. The summed E-state index contributed by atoms with van der Waals surface area (Å²) >= 11 is 0. The smallest absolute Gasteiger partial charge is 0.132 e. The van der Waals surface area contributed by atoms with E-state index in [1.165, 1.54) is 12.8 Å². The van der Waals surface area contributed by atoms with Gasteiger partial charge in [-0.2, -0.15) is 0 Å². The fourth-order valence-electron chi connectivity index (χ4n) is 2.00. The normalized spacial score (nSPS) is 20.8. The Morgan fingerprint density at radius 1 is 1.44 bits per heavy atom. The number of ether oxygens (including phenoxy) is 1. The fourth-order valence-corrected chi connectivity index (χ4v) is 2.00. The molecule has 0 saturated carbocycles. The van der Waals surface area contributed by atoms with E-state index in [2.05, 4.69) is 21.9 Å². The number of anilines is 1. The molecule has 0 bridgehead atoms. The highest BCUT2D eigenvalue weighted by Crippen LogP contribution is 2.16. The summed E-state index contributed by atoms with van der Waals surface area (Å²) < 4.78 is 5.72. The molecule has 1 aliphatic rings. The van der Waals surface area contributed by atoms with Gasteiger partial charge in [0.25, 0.3) is 0 Å². The average molecular weight is 221 g/mol. The summed E-state index contributed by atoms with van der Waals surface area (Å²) in [6, 6.07) is 2.00. The van der Waals surface area contributed by atoms with Crippen molar-refractivity contribution >= 4 is 5.82 Å². The van der Waals surface area contributed by atoms with Crippen LogP contribution in [0.2, 0.25) is 0 Å². The maximum absolute atomic E-state index is 5.72. The van der Waals surface area contributed by atoms with Gasteiger partial charge < -0.3 is 9.64 Å². The molecular formula is C12H19N3O. The van der Waals surface area contributed by atoms with Gasteiger partial charge in [0.05, 0.1) is 6.10 Å². The summed E-state index contributed by atoms with van der Waals surface area (Å²) in [6.45, 7) is 3.80. The lowest BCUT2D eigenvalue weighted by atomic mass is 10.1. The number of hydrogen-bond donors (Lipinski definition) is 0. The van der Waals surface area contributed by atoms with Gasteiger partial charge in [-0.3, -0.25) is 0 Å². The van der Waals surface area contributed by atoms with Crippen molar-refractivity contribution in [1.29, 1.82) is 0 Å². The van der Waals surface area contributed by atoms with Gasteiger partial charge in [-0.25, -0.2) is 9.97 Å². The molecule has 2 heterocycles. The second-order valence-corrected chi connectivity index (χ2v) is 4.39. The first kappa shape index (κ1) is 11.3. The largest absolute Gasteiger partial charge is 0.376 e. The van der Waals surface area contributed by atoms with Crippen LogP contribution in [0.1, 0.15) is 25.0 Å². The summed E-state index contributed by atoms with van der Waals surface area (Å²) in [5.41, 5.74) is 1.00. The number of aryl methyl sites for hydroxylation is 1. The van der Waals surface area contributed by atoms with Crippen LogP contribution in [-0.4, -0.2) is 36.3 Å². The van der Waals surface area contributed by atoms with Crippen LogP contribution in [0, 0.1) is 6.92 Å². The monoisotopic (exact) mass is 221 g/mol. The number of hydrogen-bond acceptors (Lipinski definition) is 4. The van der Waals surface area contributed by atoms with Crippen molar-refractivity contribution in [2.24, 2.45) is 0 Å². The quantitative estimate of drug-likeness (QED) is 0.780. The third kappa shape index (κ3) is 2.92. The van der Waals surface area contributed by atoms with Crippen LogP contribution in [0.25, 0.3) is 0 Å². The average Bonchev–Trinajstić information content (AvgIpc) is 2.30. The van der Waals surface area contributed by atoms with E-state index in [9.17, 15) is 0 Å². The molecule has 4 nitrogen and oxygen atoms in total. The molecule has 1 aliphatic heterocycles. The molecule has 1 fully saturated rings. The Morgan fingerprint density at radius 2 is 2.31 bits per heavy atom. The molecule has 0 aromatic carbocycles. The zero-order valence-electron chi connectivity index (χ0n) is 10.0. The molecule has 0 spiro atoms. The van der Waals surface area contributed by atoms with Gasteiger partial charge >= 0.3 is 0 Å². The molecule has 0 N–H and O–H groups in total. The van der Waals surface area contributed by atoms with Crippen LogP contribution in [0.3, 0.4) is 0 Å². The summed E-state index contributed by atoms with van der Waals surface area (Å²) in [4.78, 5) is 10.5. The first-order chi connectivity index (χ1) is 7.75. The molecule has 2 rings (SSSR count). The molecular weight excluding hydrogens is 202 g/mol. The van der Waals surface area contributed by atoms with Gasteiger partial charge in [0, 0.05) is 32.0 Å². The Morgan fingerprint density at radius 3 is 3.00 bits per heavy atom. The molecule has 1 atom stereocenters. The summed E-state index contributed by atoms with van der Waals surface area (Å²) in [5.74, 6) is 0.974. The van der Waals surface area contributed by atoms with Crippen LogP contribution >= 0.6 is 0 Å². The van der Waals surface area contributed by atoms with Crippen LogP contribution < -0.4 is 4.90 Å². The SMILES string of the molecule is Cc1cc(N(C)CC2CCCCO2)ncn1. The van der Waals surface area contributed by atoms with Crippen molar-refractivity contribution in [2.45, 2.75) is 32.3 Å². The molecule has 0 radical (unpaired) electrons. The second-order valence-electron chi connectivity index (χ2n) is 4.39. The standard InChI is InChI=1S/C12H19N3O/c1-10-7-12(14-9-13-10)15(2)8-11-5-3-4-6-16-11/h7,9,11H,3-6,8H2,1-2H3. The molecule has 1 aromatic heterocycles. The third-order valence-electron chi connectivity index (χ3n) is 2.93. The zero-order chi connectivity index (χ0) is 11.4. The maximum atomic E-state index is 5.72. The third-order valence-corrected chi connectivity index (χ3v) is 2.93. The van der Waals surface area contributed by atoms with Crippen molar-refractivity contribution in [3.05, 3.63) is 18.1 Å². The van der Waals surface area contributed by atoms with Crippen LogP contribution in [0.5, 0.6) is 0 Å². The summed E-state index contributed by atoms with van der Waals surface area (Å²) in [7, 11) is 2.06. The van der Waals surface area contributed by atoms with Crippen molar-refractivity contribution in [1.82, 2.24) is 9.97 Å². The summed E-state index contributed by atoms with van der Waals surface area (Å²) in [5, 5.41) is 0. The van der Waals surface area contributed by atoms with Crippen LogP contribution in [0.15, 0.2) is 12.4 Å². The molecule has 1 unspecified atom stereocenters. The Hall–Kier alpha value is -1.16. The number of aromatic nitrogens is 2. The van der Waals surface area contributed by atoms with E-state index in [4.69, 9.17) is 4.74 Å². The molecule has 4 heteroatoms. The van der Waals surface area contributed by atoms with E-state index in [1.54, 1.807) is 6.33 Å². The van der Waals surface area contributed by atoms with E-state index in [-0.39, 0.29) is 0 Å². The highest BCUT2D eigenvalue weighted by molar-refractivity contribution is 5.37. The van der Waals surface area contributed by atoms with Crippen LogP contribution in [0.4, 0.5) is 5.82 Å². The van der Waals surface area contributed by atoms with Gasteiger partial charge in [0.15, 0.2) is 0 Å². The molecule has 1 aromatic rings. The minimum atomic E-state index is 0.356. The number of rotatable bonds is 3. The van der Waals surface area contributed by atoms with E-state index in [0.29, 0.717) is 6.10 Å². The Bertz CT molecular complexity index is 337. The number of nitrogens with zero attached hydrogens (tertiary/aromatic N) is 3. The lowest BCUT2D eigenvalue weighted by molar-refractivity contribution is 0.0215. The van der Waals surface area contributed by atoms with Crippen molar-refractivity contribution in [3.63, 3.8) is 0 Å². The maximum Gasteiger partial charge on any atom is 0.132 e. The Balaban J connectivity index is 1.94. The summed E-state index contributed by atoms with van der Waals surface area (Å²) in [6.07, 6.45) is 5.61. The minimum absolute atomic E-state index is 0.356. The molecule has 1 saturated heterocycles.